The molecule has 1 atom stereocenters. The van der Waals surface area contributed by atoms with Crippen molar-refractivity contribution in [2.75, 3.05) is 6.54 Å². The molecule has 1 heterocycles. The van der Waals surface area contributed by atoms with E-state index in [9.17, 15) is 4.79 Å². The van der Waals surface area contributed by atoms with E-state index in [4.69, 9.17) is 11.6 Å². The number of halogens is 2. The molecule has 0 aliphatic carbocycles. The van der Waals surface area contributed by atoms with E-state index in [0.717, 1.165) is 16.5 Å². The Bertz CT molecular complexity index is 504. The number of nitrogens with one attached hydrogen (secondary N) is 2. The Morgan fingerprint density at radius 3 is 2.94 bits per heavy atom. The predicted octanol–water partition coefficient (Wildman–Crippen LogP) is 2.63. The maximum absolute atomic E-state index is 11.9. The van der Waals surface area contributed by atoms with Crippen molar-refractivity contribution in [3.63, 3.8) is 0 Å². The first-order valence-electron chi connectivity index (χ1n) is 5.68. The van der Waals surface area contributed by atoms with Crippen LogP contribution < -0.4 is 10.6 Å². The van der Waals surface area contributed by atoms with Gasteiger partial charge in [-0.25, -0.2) is 0 Å². The number of carbonyl (C=O) groups is 1. The highest BCUT2D eigenvalue weighted by Gasteiger charge is 2.30. The SMILES string of the molecule is CCCN=C1NC(=O)C(c2ccc(Cl)cc2Br)N1. The minimum atomic E-state index is -0.424. The van der Waals surface area contributed by atoms with E-state index in [-0.39, 0.29) is 5.91 Å². The highest BCUT2D eigenvalue weighted by atomic mass is 79.9. The maximum Gasteiger partial charge on any atom is 0.253 e. The van der Waals surface area contributed by atoms with Crippen molar-refractivity contribution in [1.29, 1.82) is 0 Å². The zero-order valence-corrected chi connectivity index (χ0v) is 12.2. The summed E-state index contributed by atoms with van der Waals surface area (Å²) in [5.74, 6) is 0.432. The number of nitrogens with zero attached hydrogens (tertiary/aromatic N) is 1. The largest absolute Gasteiger partial charge is 0.340 e. The third-order valence-corrected chi connectivity index (χ3v) is 3.47. The summed E-state index contributed by atoms with van der Waals surface area (Å²) in [6.07, 6.45) is 0.941. The van der Waals surface area contributed by atoms with Gasteiger partial charge in [0.05, 0.1) is 0 Å². The minimum Gasteiger partial charge on any atom is -0.340 e. The molecule has 1 aromatic rings. The third-order valence-electron chi connectivity index (χ3n) is 2.55. The van der Waals surface area contributed by atoms with Crippen LogP contribution in [-0.4, -0.2) is 18.4 Å². The topological polar surface area (TPSA) is 53.5 Å². The number of carbonyl (C=O) groups excluding carboxylic acids is 1. The summed E-state index contributed by atoms with van der Waals surface area (Å²) in [7, 11) is 0. The van der Waals surface area contributed by atoms with E-state index in [0.29, 0.717) is 17.5 Å². The molecule has 1 saturated heterocycles. The Hall–Kier alpha value is -1.07. The molecule has 1 aromatic carbocycles. The van der Waals surface area contributed by atoms with E-state index < -0.39 is 6.04 Å². The van der Waals surface area contributed by atoms with E-state index >= 15 is 0 Å². The first-order chi connectivity index (χ1) is 8.61. The molecule has 1 amide bonds. The van der Waals surface area contributed by atoms with Gasteiger partial charge in [-0.15, -0.1) is 0 Å². The van der Waals surface area contributed by atoms with Crippen LogP contribution in [0.5, 0.6) is 0 Å². The smallest absolute Gasteiger partial charge is 0.253 e. The summed E-state index contributed by atoms with van der Waals surface area (Å²) in [5.41, 5.74) is 0.846. The Balaban J connectivity index is 2.21. The molecule has 0 radical (unpaired) electrons. The quantitative estimate of drug-likeness (QED) is 0.895. The molecule has 4 nitrogen and oxygen atoms in total. The number of hydrogen-bond acceptors (Lipinski definition) is 2. The molecule has 0 bridgehead atoms. The second-order valence-corrected chi connectivity index (χ2v) is 5.25. The summed E-state index contributed by atoms with van der Waals surface area (Å²) in [4.78, 5) is 16.1. The molecule has 2 N–H and O–H groups in total. The molecule has 1 aliphatic heterocycles. The Kier molecular flexibility index (Phi) is 4.24. The number of guanidine groups is 1. The number of benzene rings is 1. The van der Waals surface area contributed by atoms with Gasteiger partial charge in [0, 0.05) is 16.0 Å². The van der Waals surface area contributed by atoms with Crippen LogP contribution in [0.4, 0.5) is 0 Å². The van der Waals surface area contributed by atoms with Crippen molar-refractivity contribution in [2.24, 2.45) is 4.99 Å². The molecule has 1 unspecified atom stereocenters. The fourth-order valence-corrected chi connectivity index (χ4v) is 2.60. The van der Waals surface area contributed by atoms with Crippen molar-refractivity contribution in [3.8, 4) is 0 Å². The normalized spacial score (nSPS) is 20.9. The molecule has 0 spiro atoms. The summed E-state index contributed by atoms with van der Waals surface area (Å²) >= 11 is 9.30. The van der Waals surface area contributed by atoms with Crippen molar-refractivity contribution in [3.05, 3.63) is 33.3 Å². The standard InChI is InChI=1S/C12H13BrClN3O/c1-2-5-15-12-16-10(11(18)17-12)8-4-3-7(14)6-9(8)13/h3-4,6,10H,2,5H2,1H3,(H2,15,16,17,18). The molecule has 0 aromatic heterocycles. The van der Waals surface area contributed by atoms with Gasteiger partial charge in [0.1, 0.15) is 6.04 Å². The van der Waals surface area contributed by atoms with Crippen LogP contribution in [0, 0.1) is 0 Å². The van der Waals surface area contributed by atoms with Gasteiger partial charge in [0.15, 0.2) is 5.96 Å². The fourth-order valence-electron chi connectivity index (χ4n) is 1.69. The lowest BCUT2D eigenvalue weighted by Crippen LogP contribution is -2.25. The van der Waals surface area contributed by atoms with E-state index in [1.165, 1.54) is 0 Å². The van der Waals surface area contributed by atoms with Crippen LogP contribution in [0.15, 0.2) is 27.7 Å². The lowest BCUT2D eigenvalue weighted by molar-refractivity contribution is -0.120. The zero-order chi connectivity index (χ0) is 13.1. The average molecular weight is 331 g/mol. The van der Waals surface area contributed by atoms with Crippen LogP contribution in [-0.2, 0) is 4.79 Å². The first kappa shape index (κ1) is 13.4. The highest BCUT2D eigenvalue weighted by Crippen LogP contribution is 2.28. The summed E-state index contributed by atoms with van der Waals surface area (Å²) in [6.45, 7) is 2.73. The van der Waals surface area contributed by atoms with Gasteiger partial charge in [0.2, 0.25) is 0 Å². The van der Waals surface area contributed by atoms with Crippen LogP contribution in [0.2, 0.25) is 5.02 Å². The van der Waals surface area contributed by atoms with Crippen LogP contribution >= 0.6 is 27.5 Å². The predicted molar refractivity (Wildman–Crippen MR) is 75.8 cm³/mol. The molecule has 1 fully saturated rings. The number of hydrogen-bond donors (Lipinski definition) is 2. The molecule has 6 heteroatoms. The Morgan fingerprint density at radius 1 is 1.50 bits per heavy atom. The average Bonchev–Trinajstić information content (AvgIpc) is 2.68. The van der Waals surface area contributed by atoms with Crippen LogP contribution in [0.1, 0.15) is 24.9 Å². The zero-order valence-electron chi connectivity index (χ0n) is 9.84. The lowest BCUT2D eigenvalue weighted by atomic mass is 10.1. The van der Waals surface area contributed by atoms with Crippen molar-refractivity contribution >= 4 is 39.4 Å². The van der Waals surface area contributed by atoms with Crippen molar-refractivity contribution in [2.45, 2.75) is 19.4 Å². The number of aliphatic imine (C=N–C) groups is 1. The molecular weight excluding hydrogens is 318 g/mol. The van der Waals surface area contributed by atoms with Gasteiger partial charge in [-0.3, -0.25) is 15.1 Å². The highest BCUT2D eigenvalue weighted by molar-refractivity contribution is 9.10. The maximum atomic E-state index is 11.9. The molecular formula is C12H13BrClN3O. The van der Waals surface area contributed by atoms with Crippen LogP contribution in [0.25, 0.3) is 0 Å². The van der Waals surface area contributed by atoms with Gasteiger partial charge in [-0.05, 0) is 24.1 Å². The van der Waals surface area contributed by atoms with Crippen molar-refractivity contribution < 1.29 is 4.79 Å². The monoisotopic (exact) mass is 329 g/mol. The van der Waals surface area contributed by atoms with Gasteiger partial charge in [-0.2, -0.15) is 0 Å². The molecule has 2 rings (SSSR count). The lowest BCUT2D eigenvalue weighted by Gasteiger charge is -2.10. The summed E-state index contributed by atoms with van der Waals surface area (Å²) in [6, 6.07) is 4.93. The van der Waals surface area contributed by atoms with E-state index in [1.54, 1.807) is 12.1 Å². The van der Waals surface area contributed by atoms with Gasteiger partial charge < -0.3 is 5.32 Å². The minimum absolute atomic E-state index is 0.104. The first-order valence-corrected chi connectivity index (χ1v) is 6.85. The number of rotatable bonds is 3. The second kappa shape index (κ2) is 5.71. The van der Waals surface area contributed by atoms with E-state index in [2.05, 4.69) is 31.6 Å². The Labute approximate surface area is 119 Å². The van der Waals surface area contributed by atoms with E-state index in [1.807, 2.05) is 13.0 Å². The molecule has 0 saturated carbocycles. The van der Waals surface area contributed by atoms with Gasteiger partial charge in [-0.1, -0.05) is 40.5 Å². The van der Waals surface area contributed by atoms with Gasteiger partial charge in [0.25, 0.3) is 5.91 Å². The van der Waals surface area contributed by atoms with Gasteiger partial charge >= 0.3 is 0 Å². The summed E-state index contributed by atoms with van der Waals surface area (Å²) < 4.78 is 0.805. The third kappa shape index (κ3) is 2.84. The molecule has 1 aliphatic rings. The van der Waals surface area contributed by atoms with Crippen molar-refractivity contribution in [1.82, 2.24) is 10.6 Å². The van der Waals surface area contributed by atoms with Crippen LogP contribution in [0.3, 0.4) is 0 Å². The Morgan fingerprint density at radius 2 is 2.28 bits per heavy atom. The molecule has 18 heavy (non-hydrogen) atoms. The molecule has 96 valence electrons. The number of amides is 1. The second-order valence-electron chi connectivity index (χ2n) is 3.96. The summed E-state index contributed by atoms with van der Waals surface area (Å²) in [5, 5.41) is 6.42. The fraction of sp³-hybridized carbons (Fsp3) is 0.333.